The van der Waals surface area contributed by atoms with Gasteiger partial charge in [0, 0.05) is 55.7 Å². The number of ether oxygens (including phenoxy) is 4. The predicted molar refractivity (Wildman–Crippen MR) is 189 cm³/mol. The Morgan fingerprint density at radius 3 is 2.43 bits per heavy atom. The highest BCUT2D eigenvalue weighted by Gasteiger charge is 2.50. The van der Waals surface area contributed by atoms with Crippen LogP contribution in [0.2, 0.25) is 0 Å². The number of ketones is 4. The molecule has 16 heteroatoms. The summed E-state index contributed by atoms with van der Waals surface area (Å²) in [5.41, 5.74) is 1.67. The van der Waals surface area contributed by atoms with E-state index in [1.807, 2.05) is 0 Å². The minimum Gasteiger partial charge on any atom is -0.507 e. The molecule has 1 amide bonds. The van der Waals surface area contributed by atoms with Crippen LogP contribution in [-0.2, 0) is 44.5 Å². The molecule has 1 aromatic rings. The summed E-state index contributed by atoms with van der Waals surface area (Å²) in [6, 6.07) is -2.02. The van der Waals surface area contributed by atoms with E-state index in [1.54, 1.807) is 20.8 Å². The van der Waals surface area contributed by atoms with Crippen molar-refractivity contribution in [1.82, 2.24) is 5.32 Å². The lowest BCUT2D eigenvalue weighted by molar-refractivity contribution is -0.247. The van der Waals surface area contributed by atoms with Crippen molar-refractivity contribution in [2.45, 2.75) is 109 Å². The first-order valence-corrected chi connectivity index (χ1v) is 17.5. The molecule has 4 rings (SSSR count). The van der Waals surface area contributed by atoms with Crippen molar-refractivity contribution in [1.29, 1.82) is 0 Å². The van der Waals surface area contributed by atoms with Gasteiger partial charge in [-0.25, -0.2) is 4.79 Å². The number of phenolic OH excluding ortho intramolecular Hbond substituents is 2. The lowest BCUT2D eigenvalue weighted by Crippen LogP contribution is -2.53. The molecule has 54 heavy (non-hydrogen) atoms. The molecule has 16 nitrogen and oxygen atoms in total. The van der Waals surface area contributed by atoms with Gasteiger partial charge in [0.05, 0.1) is 42.1 Å². The topological polar surface area (TPSA) is 258 Å². The van der Waals surface area contributed by atoms with Crippen LogP contribution in [-0.4, -0.2) is 105 Å². The Labute approximate surface area is 312 Å². The normalized spacial score (nSPS) is 27.8. The highest BCUT2D eigenvalue weighted by atomic mass is 16.7. The van der Waals surface area contributed by atoms with Crippen LogP contribution < -0.4 is 11.1 Å². The van der Waals surface area contributed by atoms with E-state index in [4.69, 9.17) is 24.7 Å². The molecule has 0 spiro atoms. The zero-order chi connectivity index (χ0) is 40.2. The van der Waals surface area contributed by atoms with Gasteiger partial charge < -0.3 is 55.2 Å². The van der Waals surface area contributed by atoms with E-state index in [0.29, 0.717) is 0 Å². The molecule has 3 aliphatic rings. The van der Waals surface area contributed by atoms with Crippen molar-refractivity contribution in [2.24, 2.45) is 11.7 Å². The Kier molecular flexibility index (Phi) is 13.3. The first-order valence-electron chi connectivity index (χ1n) is 17.5. The number of esters is 1. The molecule has 7 atom stereocenters. The van der Waals surface area contributed by atoms with Crippen molar-refractivity contribution in [3.63, 3.8) is 0 Å². The highest BCUT2D eigenvalue weighted by molar-refractivity contribution is 6.20. The van der Waals surface area contributed by atoms with E-state index in [-0.39, 0.29) is 53.9 Å². The van der Waals surface area contributed by atoms with Crippen molar-refractivity contribution in [3.8, 4) is 11.5 Å². The largest absolute Gasteiger partial charge is 0.507 e. The zero-order valence-electron chi connectivity index (χ0n) is 30.9. The van der Waals surface area contributed by atoms with Crippen molar-refractivity contribution in [3.05, 3.63) is 58.4 Å². The van der Waals surface area contributed by atoms with Gasteiger partial charge in [0.2, 0.25) is 17.5 Å². The summed E-state index contributed by atoms with van der Waals surface area (Å²) >= 11 is 0. The Morgan fingerprint density at radius 2 is 1.81 bits per heavy atom. The number of Topliss-reactive ketones (excluding diaryl/α,β-unsaturated/α-hetero) is 4. The number of aliphatic hydroxyl groups excluding tert-OH is 1. The van der Waals surface area contributed by atoms with E-state index in [1.165, 1.54) is 32.3 Å². The van der Waals surface area contributed by atoms with Gasteiger partial charge in [0.1, 0.15) is 34.7 Å². The highest BCUT2D eigenvalue weighted by Crippen LogP contribution is 2.51. The number of allylic oxidation sites excluding steroid dienone is 4. The fraction of sp³-hybridized carbons (Fsp3) is 0.526. The van der Waals surface area contributed by atoms with Crippen molar-refractivity contribution < 1.29 is 68.1 Å². The van der Waals surface area contributed by atoms with Gasteiger partial charge in [-0.3, -0.25) is 19.2 Å². The molecule has 7 N–H and O–H groups in total. The number of aromatic hydroxyl groups is 2. The SMILES string of the molecule is C=C1C(=O)c2c(O)c3c(c(O)c2C(=O)C/C=C\C=C/1OC)C[C@@](O)(C(=O)COC(=O)[C@@H](NC(=O)CCC(C)=O)C(C)C)C[C@@H]3OC1CC(N)C(O)C(C)O1. The smallest absolute Gasteiger partial charge is 0.329 e. The number of carbonyl (C=O) groups is 6. The molecule has 1 aromatic carbocycles. The molecule has 294 valence electrons. The molecule has 0 radical (unpaired) electrons. The van der Waals surface area contributed by atoms with E-state index in [0.717, 1.165) is 0 Å². The molecule has 1 heterocycles. The summed E-state index contributed by atoms with van der Waals surface area (Å²) in [5.74, 6) is -6.66. The maximum Gasteiger partial charge on any atom is 0.329 e. The van der Waals surface area contributed by atoms with Gasteiger partial charge in [-0.05, 0) is 25.8 Å². The lowest BCUT2D eigenvalue weighted by atomic mass is 9.73. The second kappa shape index (κ2) is 17.2. The summed E-state index contributed by atoms with van der Waals surface area (Å²) in [6.45, 7) is 8.88. The number of carbonyl (C=O) groups excluding carboxylic acids is 6. The fourth-order valence-corrected chi connectivity index (χ4v) is 6.65. The molecule has 0 saturated carbocycles. The van der Waals surface area contributed by atoms with Crippen LogP contribution in [0.5, 0.6) is 11.5 Å². The average Bonchev–Trinajstić information content (AvgIpc) is 3.10. The summed E-state index contributed by atoms with van der Waals surface area (Å²) in [5, 5.41) is 48.4. The van der Waals surface area contributed by atoms with Gasteiger partial charge >= 0.3 is 5.97 Å². The number of methoxy groups -OCH3 is 1. The molecule has 0 bridgehead atoms. The minimum absolute atomic E-state index is 0.0166. The third-order valence-corrected chi connectivity index (χ3v) is 9.76. The van der Waals surface area contributed by atoms with Crippen molar-refractivity contribution in [2.75, 3.05) is 13.7 Å². The van der Waals surface area contributed by atoms with Gasteiger partial charge in [0.15, 0.2) is 18.7 Å². The number of phenols is 2. The molecule has 4 unspecified atom stereocenters. The number of rotatable bonds is 12. The van der Waals surface area contributed by atoms with Crippen LogP contribution in [0.4, 0.5) is 0 Å². The molecule has 0 aromatic heterocycles. The Hall–Kier alpha value is -4.74. The molecule has 1 saturated heterocycles. The van der Waals surface area contributed by atoms with Crippen LogP contribution in [0.25, 0.3) is 0 Å². The quantitative estimate of drug-likeness (QED) is 0.101. The van der Waals surface area contributed by atoms with Gasteiger partial charge in [-0.2, -0.15) is 0 Å². The average molecular weight is 757 g/mol. The van der Waals surface area contributed by atoms with Crippen LogP contribution in [0.1, 0.15) is 97.7 Å². The number of nitrogens with one attached hydrogen (secondary N) is 1. The number of amides is 1. The van der Waals surface area contributed by atoms with Crippen LogP contribution >= 0.6 is 0 Å². The monoisotopic (exact) mass is 756 g/mol. The summed E-state index contributed by atoms with van der Waals surface area (Å²) in [4.78, 5) is 78.0. The first kappa shape index (κ1) is 42.0. The number of fused-ring (bicyclic) bond motifs is 2. The van der Waals surface area contributed by atoms with E-state index < -0.39 is 120 Å². The first-order chi connectivity index (χ1) is 25.3. The Morgan fingerprint density at radius 1 is 1.13 bits per heavy atom. The number of benzene rings is 1. The summed E-state index contributed by atoms with van der Waals surface area (Å²) in [7, 11) is 1.29. The van der Waals surface area contributed by atoms with Gasteiger partial charge in [-0.15, -0.1) is 0 Å². The van der Waals surface area contributed by atoms with Crippen LogP contribution in [0.3, 0.4) is 0 Å². The third kappa shape index (κ3) is 8.96. The van der Waals surface area contributed by atoms with Crippen LogP contribution in [0.15, 0.2) is 36.1 Å². The minimum atomic E-state index is -2.46. The molecule has 1 aliphatic heterocycles. The fourth-order valence-electron chi connectivity index (χ4n) is 6.65. The second-order valence-electron chi connectivity index (χ2n) is 14.2. The van der Waals surface area contributed by atoms with E-state index in [2.05, 4.69) is 11.9 Å². The zero-order valence-corrected chi connectivity index (χ0v) is 30.9. The predicted octanol–water partition coefficient (Wildman–Crippen LogP) is 1.69. The molecular weight excluding hydrogens is 708 g/mol. The Balaban J connectivity index is 1.76. The van der Waals surface area contributed by atoms with Gasteiger partial charge in [0.25, 0.3) is 0 Å². The van der Waals surface area contributed by atoms with Gasteiger partial charge in [-0.1, -0.05) is 32.6 Å². The van der Waals surface area contributed by atoms with Crippen LogP contribution in [0, 0.1) is 5.92 Å². The molecule has 2 aliphatic carbocycles. The molecule has 1 fully saturated rings. The number of aliphatic hydroxyl groups is 2. The molecular formula is C38H48N2O14. The third-order valence-electron chi connectivity index (χ3n) is 9.76. The Bertz CT molecular complexity index is 1770. The maximum absolute atomic E-state index is 13.9. The standard InChI is InChI=1S/C38H48N2O14/c1-17(2)32(40-27(44)12-11-18(3)41)37(49)52-16-26(43)38(50)14-21-29(25(15-38)54-28-13-22(39)34(46)20(5)53-28)36(48)31-30(35(21)47)23(42)9-7-8-10-24(51-6)19(4)33(31)45/h7-8,10,17,20,22,25,28,32,34,46-48,50H,4,9,11-16,39H2,1-3,5-6H3,(H,40,44)/b8-7-,24-10+/t20?,22?,25-,28?,32-,34?,38-/m0/s1. The van der Waals surface area contributed by atoms with E-state index in [9.17, 15) is 49.2 Å². The maximum atomic E-state index is 13.9. The lowest BCUT2D eigenvalue weighted by Gasteiger charge is -2.42. The number of hydrogen-bond acceptors (Lipinski definition) is 15. The second-order valence-corrected chi connectivity index (χ2v) is 14.2. The van der Waals surface area contributed by atoms with Crippen molar-refractivity contribution >= 4 is 35.0 Å². The number of nitrogens with two attached hydrogens (primary N) is 1. The summed E-state index contributed by atoms with van der Waals surface area (Å²) in [6.07, 6.45) is -2.24. The number of hydrogen-bond donors (Lipinski definition) is 6. The summed E-state index contributed by atoms with van der Waals surface area (Å²) < 4.78 is 22.5. The van der Waals surface area contributed by atoms with E-state index >= 15 is 0 Å².